The fourth-order valence-corrected chi connectivity index (χ4v) is 4.71. The largest absolute Gasteiger partial charge is 0.329 e. The number of nitrogens with one attached hydrogen (secondary N) is 1. The predicted octanol–water partition coefficient (Wildman–Crippen LogP) is 4.23. The quantitative estimate of drug-likeness (QED) is 0.750. The summed E-state index contributed by atoms with van der Waals surface area (Å²) in [6.45, 7) is 0. The van der Waals surface area contributed by atoms with Crippen molar-refractivity contribution >= 4 is 35.1 Å². The molecular weight excluding hydrogens is 350 g/mol. The molecule has 1 atom stereocenters. The SMILES string of the molecule is Cn1ccnc1Sc1ccc(NC(=O)C2Cc3ccccc3S2)cc1. The topological polar surface area (TPSA) is 46.9 Å². The number of rotatable bonds is 4. The molecule has 0 radical (unpaired) electrons. The first-order valence-corrected chi connectivity index (χ1v) is 9.69. The Balaban J connectivity index is 1.38. The van der Waals surface area contributed by atoms with Gasteiger partial charge in [0.15, 0.2) is 5.16 Å². The Kier molecular flexibility index (Phi) is 4.55. The smallest absolute Gasteiger partial charge is 0.238 e. The minimum atomic E-state index is -0.0565. The van der Waals surface area contributed by atoms with Crippen LogP contribution in [0.25, 0.3) is 0 Å². The summed E-state index contributed by atoms with van der Waals surface area (Å²) in [5.74, 6) is 0.0608. The highest BCUT2D eigenvalue weighted by atomic mass is 32.2. The maximum atomic E-state index is 12.5. The van der Waals surface area contributed by atoms with Crippen molar-refractivity contribution in [2.24, 2.45) is 7.05 Å². The van der Waals surface area contributed by atoms with Crippen molar-refractivity contribution in [3.05, 3.63) is 66.5 Å². The van der Waals surface area contributed by atoms with Crippen molar-refractivity contribution in [1.29, 1.82) is 0 Å². The van der Waals surface area contributed by atoms with Crippen molar-refractivity contribution in [2.75, 3.05) is 5.32 Å². The number of aromatic nitrogens is 2. The lowest BCUT2D eigenvalue weighted by atomic mass is 10.1. The molecule has 1 aromatic heterocycles. The first kappa shape index (κ1) is 16.3. The minimum absolute atomic E-state index is 0.0565. The Morgan fingerprint density at radius 3 is 2.76 bits per heavy atom. The minimum Gasteiger partial charge on any atom is -0.329 e. The Morgan fingerprint density at radius 2 is 2.04 bits per heavy atom. The number of hydrogen-bond acceptors (Lipinski definition) is 4. The van der Waals surface area contributed by atoms with E-state index < -0.39 is 0 Å². The van der Waals surface area contributed by atoms with E-state index in [1.807, 2.05) is 54.2 Å². The molecule has 1 aliphatic heterocycles. The van der Waals surface area contributed by atoms with Gasteiger partial charge in [0.05, 0.1) is 5.25 Å². The second-order valence-corrected chi connectivity index (χ2v) is 8.14. The summed E-state index contributed by atoms with van der Waals surface area (Å²) < 4.78 is 1.98. The molecule has 0 aliphatic carbocycles. The highest BCUT2D eigenvalue weighted by molar-refractivity contribution is 8.01. The molecule has 4 rings (SSSR count). The summed E-state index contributed by atoms with van der Waals surface area (Å²) in [6.07, 6.45) is 4.50. The number of carbonyl (C=O) groups is 1. The van der Waals surface area contributed by atoms with Crippen molar-refractivity contribution in [3.8, 4) is 0 Å². The summed E-state index contributed by atoms with van der Waals surface area (Å²) in [4.78, 5) is 19.1. The second kappa shape index (κ2) is 6.98. The van der Waals surface area contributed by atoms with Crippen LogP contribution in [0.15, 0.2) is 75.9 Å². The van der Waals surface area contributed by atoms with Gasteiger partial charge in [-0.05, 0) is 42.3 Å². The molecule has 4 nitrogen and oxygen atoms in total. The van der Waals surface area contributed by atoms with E-state index in [9.17, 15) is 4.79 Å². The normalized spacial score (nSPS) is 15.8. The van der Waals surface area contributed by atoms with Gasteiger partial charge in [-0.25, -0.2) is 4.98 Å². The zero-order valence-electron chi connectivity index (χ0n) is 13.7. The van der Waals surface area contributed by atoms with Crippen LogP contribution < -0.4 is 5.32 Å². The first-order chi connectivity index (χ1) is 12.2. The number of amides is 1. The molecule has 1 N–H and O–H groups in total. The molecule has 2 heterocycles. The van der Waals surface area contributed by atoms with Crippen molar-refractivity contribution in [3.63, 3.8) is 0 Å². The van der Waals surface area contributed by atoms with Crippen LogP contribution in [0.4, 0.5) is 5.69 Å². The number of imidazole rings is 1. The van der Waals surface area contributed by atoms with Crippen molar-refractivity contribution in [2.45, 2.75) is 26.6 Å². The van der Waals surface area contributed by atoms with E-state index in [4.69, 9.17) is 0 Å². The lowest BCUT2D eigenvalue weighted by Crippen LogP contribution is -2.24. The molecule has 0 spiro atoms. The summed E-state index contributed by atoms with van der Waals surface area (Å²) in [6, 6.07) is 16.1. The van der Waals surface area contributed by atoms with Crippen LogP contribution in [0.3, 0.4) is 0 Å². The zero-order chi connectivity index (χ0) is 17.2. The molecular formula is C19H17N3OS2. The molecule has 0 saturated heterocycles. The molecule has 2 aromatic carbocycles. The summed E-state index contributed by atoms with van der Waals surface area (Å²) in [7, 11) is 1.97. The van der Waals surface area contributed by atoms with Crippen molar-refractivity contribution < 1.29 is 4.79 Å². The molecule has 3 aromatic rings. The Morgan fingerprint density at radius 1 is 1.24 bits per heavy atom. The molecule has 0 fully saturated rings. The van der Waals surface area contributed by atoms with Crippen LogP contribution in [0.2, 0.25) is 0 Å². The fraction of sp³-hybridized carbons (Fsp3) is 0.158. The maximum absolute atomic E-state index is 12.5. The molecule has 126 valence electrons. The average molecular weight is 367 g/mol. The van der Waals surface area contributed by atoms with E-state index in [1.165, 1.54) is 10.5 Å². The van der Waals surface area contributed by atoms with Gasteiger partial charge in [-0.2, -0.15) is 0 Å². The van der Waals surface area contributed by atoms with Gasteiger partial charge < -0.3 is 9.88 Å². The number of nitrogens with zero attached hydrogens (tertiary/aromatic N) is 2. The summed E-state index contributed by atoms with van der Waals surface area (Å²) in [5, 5.41) is 3.91. The number of aryl methyl sites for hydroxylation is 1. The molecule has 0 bridgehead atoms. The molecule has 0 saturated carbocycles. The lowest BCUT2D eigenvalue weighted by molar-refractivity contribution is -0.115. The van der Waals surface area contributed by atoms with Gasteiger partial charge in [0.2, 0.25) is 5.91 Å². The Bertz CT molecular complexity index is 880. The van der Waals surface area contributed by atoms with Crippen LogP contribution in [0.5, 0.6) is 0 Å². The standard InChI is InChI=1S/C19H17N3OS2/c1-22-11-10-20-19(22)24-15-8-6-14(7-9-15)21-18(23)17-12-13-4-2-3-5-16(13)25-17/h2-11,17H,12H2,1H3,(H,21,23). The van der Waals surface area contributed by atoms with Crippen LogP contribution in [0.1, 0.15) is 5.56 Å². The van der Waals surface area contributed by atoms with Gasteiger partial charge in [0.1, 0.15) is 0 Å². The number of fused-ring (bicyclic) bond motifs is 1. The van der Waals surface area contributed by atoms with Crippen molar-refractivity contribution in [1.82, 2.24) is 9.55 Å². The van der Waals surface area contributed by atoms with Gasteiger partial charge >= 0.3 is 0 Å². The zero-order valence-corrected chi connectivity index (χ0v) is 15.3. The molecule has 25 heavy (non-hydrogen) atoms. The number of carbonyl (C=O) groups excluding carboxylic acids is 1. The fourth-order valence-electron chi connectivity index (χ4n) is 2.71. The van der Waals surface area contributed by atoms with E-state index in [0.717, 1.165) is 22.2 Å². The summed E-state index contributed by atoms with van der Waals surface area (Å²) >= 11 is 3.24. The highest BCUT2D eigenvalue weighted by Crippen LogP contribution is 2.37. The number of benzene rings is 2. The van der Waals surface area contributed by atoms with E-state index in [2.05, 4.69) is 22.4 Å². The molecule has 1 unspecified atom stereocenters. The molecule has 6 heteroatoms. The van der Waals surface area contributed by atoms with Gasteiger partial charge in [0.25, 0.3) is 0 Å². The van der Waals surface area contributed by atoms with E-state index in [1.54, 1.807) is 29.7 Å². The molecule has 1 amide bonds. The van der Waals surface area contributed by atoms with E-state index in [-0.39, 0.29) is 11.2 Å². The number of anilines is 1. The average Bonchev–Trinajstić information content (AvgIpc) is 3.23. The third kappa shape index (κ3) is 3.60. The number of hydrogen-bond donors (Lipinski definition) is 1. The highest BCUT2D eigenvalue weighted by Gasteiger charge is 2.27. The Hall–Kier alpha value is -2.18. The lowest BCUT2D eigenvalue weighted by Gasteiger charge is -2.10. The Labute approximate surface area is 155 Å². The van der Waals surface area contributed by atoms with Crippen LogP contribution in [0, 0.1) is 0 Å². The van der Waals surface area contributed by atoms with Crippen LogP contribution >= 0.6 is 23.5 Å². The van der Waals surface area contributed by atoms with Gasteiger partial charge in [-0.1, -0.05) is 30.0 Å². The van der Waals surface area contributed by atoms with Gasteiger partial charge in [0, 0.05) is 34.9 Å². The van der Waals surface area contributed by atoms with Crippen LogP contribution in [-0.4, -0.2) is 20.7 Å². The van der Waals surface area contributed by atoms with Gasteiger partial charge in [-0.3, -0.25) is 4.79 Å². The monoisotopic (exact) mass is 367 g/mol. The summed E-state index contributed by atoms with van der Waals surface area (Å²) in [5.41, 5.74) is 2.08. The third-order valence-corrected chi connectivity index (χ3v) is 6.45. The second-order valence-electron chi connectivity index (χ2n) is 5.85. The first-order valence-electron chi connectivity index (χ1n) is 8.00. The number of thioether (sulfide) groups is 1. The van der Waals surface area contributed by atoms with Gasteiger partial charge in [-0.15, -0.1) is 11.8 Å². The predicted molar refractivity (Wildman–Crippen MR) is 102 cm³/mol. The third-order valence-electron chi connectivity index (χ3n) is 4.05. The molecule has 1 aliphatic rings. The van der Waals surface area contributed by atoms with E-state index >= 15 is 0 Å². The van der Waals surface area contributed by atoms with E-state index in [0.29, 0.717) is 0 Å². The maximum Gasteiger partial charge on any atom is 0.238 e. The van der Waals surface area contributed by atoms with Crippen LogP contribution in [-0.2, 0) is 18.3 Å².